The zero-order valence-electron chi connectivity index (χ0n) is 9.57. The highest BCUT2D eigenvalue weighted by Gasteiger charge is 2.37. The molecule has 8 heteroatoms. The van der Waals surface area contributed by atoms with E-state index in [4.69, 9.17) is 0 Å². The van der Waals surface area contributed by atoms with Crippen molar-refractivity contribution in [1.29, 1.82) is 0 Å². The second-order valence-corrected chi connectivity index (χ2v) is 6.11. The Balaban J connectivity index is 1.97. The van der Waals surface area contributed by atoms with Crippen molar-refractivity contribution in [2.75, 3.05) is 6.54 Å². The Labute approximate surface area is 104 Å². The molecule has 0 amide bonds. The summed E-state index contributed by atoms with van der Waals surface area (Å²) in [5, 5.41) is 13.0. The lowest BCUT2D eigenvalue weighted by Gasteiger charge is -2.22. The molecule has 0 saturated carbocycles. The number of hydrogen-bond acceptors (Lipinski definition) is 4. The van der Waals surface area contributed by atoms with Gasteiger partial charge in [0, 0.05) is 18.9 Å². The lowest BCUT2D eigenvalue weighted by molar-refractivity contribution is 0.390. The summed E-state index contributed by atoms with van der Waals surface area (Å²) in [6.07, 6.45) is 6.02. The molecule has 2 N–H and O–H groups in total. The average Bonchev–Trinajstić information content (AvgIpc) is 3.11. The van der Waals surface area contributed by atoms with Gasteiger partial charge in [-0.3, -0.25) is 10.2 Å². The molecule has 0 aromatic carbocycles. The van der Waals surface area contributed by atoms with Crippen LogP contribution >= 0.6 is 0 Å². The third kappa shape index (κ3) is 1.73. The van der Waals surface area contributed by atoms with Crippen LogP contribution in [0.4, 0.5) is 0 Å². The molecule has 0 spiro atoms. The van der Waals surface area contributed by atoms with Gasteiger partial charge in [-0.15, -0.1) is 0 Å². The van der Waals surface area contributed by atoms with Crippen molar-refractivity contribution in [3.63, 3.8) is 0 Å². The molecular weight excluding hydrogens is 254 g/mol. The summed E-state index contributed by atoms with van der Waals surface area (Å²) in [6, 6.07) is 1.65. The van der Waals surface area contributed by atoms with Gasteiger partial charge in [-0.25, -0.2) is 8.42 Å². The maximum Gasteiger partial charge on any atom is 0.246 e. The van der Waals surface area contributed by atoms with E-state index in [2.05, 4.69) is 20.4 Å². The van der Waals surface area contributed by atoms with Crippen molar-refractivity contribution in [1.82, 2.24) is 24.7 Å². The number of sulfonamides is 1. The van der Waals surface area contributed by atoms with Gasteiger partial charge in [0.05, 0.1) is 17.9 Å². The Hall–Kier alpha value is -1.67. The van der Waals surface area contributed by atoms with Crippen LogP contribution in [0.1, 0.15) is 24.6 Å². The smallest absolute Gasteiger partial charge is 0.246 e. The van der Waals surface area contributed by atoms with E-state index >= 15 is 0 Å². The first-order valence-corrected chi connectivity index (χ1v) is 7.13. The van der Waals surface area contributed by atoms with E-state index in [1.165, 1.54) is 16.7 Å². The monoisotopic (exact) mass is 267 g/mol. The standard InChI is InChI=1S/C10H13N5O2S/c16-18(17,8-6-12-13-7-8)15-5-1-2-10(15)9-3-4-11-14-9/h3-4,6-7,10H,1-2,5H2,(H,11,14)(H,12,13). The van der Waals surface area contributed by atoms with Gasteiger partial charge in [0.25, 0.3) is 0 Å². The SMILES string of the molecule is O=S(=O)(c1cn[nH]c1)N1CCCC1c1ccn[nH]1. The number of nitrogens with zero attached hydrogens (tertiary/aromatic N) is 3. The van der Waals surface area contributed by atoms with E-state index < -0.39 is 10.0 Å². The van der Waals surface area contributed by atoms with E-state index in [9.17, 15) is 8.42 Å². The van der Waals surface area contributed by atoms with Crippen LogP contribution in [0.15, 0.2) is 29.6 Å². The zero-order valence-corrected chi connectivity index (χ0v) is 10.4. The number of hydrogen-bond donors (Lipinski definition) is 2. The van der Waals surface area contributed by atoms with Crippen LogP contribution in [0.25, 0.3) is 0 Å². The second kappa shape index (κ2) is 4.21. The second-order valence-electron chi connectivity index (χ2n) is 4.22. The summed E-state index contributed by atoms with van der Waals surface area (Å²) in [5.74, 6) is 0. The molecule has 1 unspecified atom stereocenters. The lowest BCUT2D eigenvalue weighted by atomic mass is 10.2. The predicted octanol–water partition coefficient (Wildman–Crippen LogP) is 0.659. The highest BCUT2D eigenvalue weighted by molar-refractivity contribution is 7.89. The summed E-state index contributed by atoms with van der Waals surface area (Å²) in [6.45, 7) is 0.525. The van der Waals surface area contributed by atoms with Crippen molar-refractivity contribution >= 4 is 10.0 Å². The number of nitrogens with one attached hydrogen (secondary N) is 2. The topological polar surface area (TPSA) is 94.7 Å². The molecule has 2 aromatic rings. The summed E-state index contributed by atoms with van der Waals surface area (Å²) in [5.41, 5.74) is 0.833. The third-order valence-electron chi connectivity index (χ3n) is 3.16. The molecule has 0 bridgehead atoms. The molecule has 7 nitrogen and oxygen atoms in total. The highest BCUT2D eigenvalue weighted by Crippen LogP contribution is 2.35. The normalized spacial score (nSPS) is 21.4. The van der Waals surface area contributed by atoms with Gasteiger partial charge in [0.1, 0.15) is 4.90 Å². The Kier molecular flexibility index (Phi) is 2.67. The first-order valence-electron chi connectivity index (χ1n) is 5.69. The predicted molar refractivity (Wildman–Crippen MR) is 63.0 cm³/mol. The van der Waals surface area contributed by atoms with Gasteiger partial charge >= 0.3 is 0 Å². The summed E-state index contributed by atoms with van der Waals surface area (Å²) in [4.78, 5) is 0.203. The van der Waals surface area contributed by atoms with Crippen molar-refractivity contribution < 1.29 is 8.42 Å². The lowest BCUT2D eigenvalue weighted by Crippen LogP contribution is -2.30. The van der Waals surface area contributed by atoms with E-state index in [1.54, 1.807) is 6.20 Å². The Morgan fingerprint density at radius 3 is 2.94 bits per heavy atom. The van der Waals surface area contributed by atoms with E-state index in [1.807, 2.05) is 6.07 Å². The quantitative estimate of drug-likeness (QED) is 0.854. The van der Waals surface area contributed by atoms with Gasteiger partial charge in [-0.1, -0.05) is 0 Å². The maximum atomic E-state index is 12.4. The van der Waals surface area contributed by atoms with Gasteiger partial charge in [0.15, 0.2) is 0 Å². The minimum absolute atomic E-state index is 0.160. The Morgan fingerprint density at radius 1 is 1.39 bits per heavy atom. The van der Waals surface area contributed by atoms with Crippen molar-refractivity contribution in [2.24, 2.45) is 0 Å². The van der Waals surface area contributed by atoms with E-state index in [0.29, 0.717) is 6.54 Å². The molecule has 1 aliphatic rings. The van der Waals surface area contributed by atoms with Crippen molar-refractivity contribution in [2.45, 2.75) is 23.8 Å². The fourth-order valence-corrected chi connectivity index (χ4v) is 3.89. The maximum absolute atomic E-state index is 12.4. The molecule has 3 heterocycles. The van der Waals surface area contributed by atoms with Gasteiger partial charge in [-0.05, 0) is 18.9 Å². The molecule has 96 valence electrons. The van der Waals surface area contributed by atoms with Gasteiger partial charge in [0.2, 0.25) is 10.0 Å². The van der Waals surface area contributed by atoms with Crippen LogP contribution in [0.5, 0.6) is 0 Å². The molecule has 18 heavy (non-hydrogen) atoms. The van der Waals surface area contributed by atoms with Crippen LogP contribution in [0, 0.1) is 0 Å². The number of aromatic nitrogens is 4. The number of H-pyrrole nitrogens is 2. The molecule has 3 rings (SSSR count). The summed E-state index contributed by atoms with van der Waals surface area (Å²) < 4.78 is 26.4. The fraction of sp³-hybridized carbons (Fsp3) is 0.400. The van der Waals surface area contributed by atoms with E-state index in [0.717, 1.165) is 18.5 Å². The first kappa shape index (κ1) is 11.4. The first-order chi connectivity index (χ1) is 8.69. The van der Waals surface area contributed by atoms with Crippen LogP contribution in [0.2, 0.25) is 0 Å². The van der Waals surface area contributed by atoms with Crippen LogP contribution < -0.4 is 0 Å². The van der Waals surface area contributed by atoms with Crippen LogP contribution in [0.3, 0.4) is 0 Å². The highest BCUT2D eigenvalue weighted by atomic mass is 32.2. The molecule has 0 aliphatic carbocycles. The summed E-state index contributed by atoms with van der Waals surface area (Å²) in [7, 11) is -3.48. The minimum Gasteiger partial charge on any atom is -0.284 e. The molecule has 2 aromatic heterocycles. The largest absolute Gasteiger partial charge is 0.284 e. The zero-order chi connectivity index (χ0) is 12.6. The Morgan fingerprint density at radius 2 is 2.28 bits per heavy atom. The number of rotatable bonds is 3. The minimum atomic E-state index is -3.48. The Bertz CT molecular complexity index is 605. The fourth-order valence-electron chi connectivity index (χ4n) is 2.31. The third-order valence-corrected chi connectivity index (χ3v) is 5.04. The molecule has 1 atom stereocenters. The van der Waals surface area contributed by atoms with Crippen molar-refractivity contribution in [3.05, 3.63) is 30.4 Å². The van der Waals surface area contributed by atoms with E-state index in [-0.39, 0.29) is 10.9 Å². The van der Waals surface area contributed by atoms with Crippen LogP contribution in [-0.4, -0.2) is 39.7 Å². The molecular formula is C10H13N5O2S. The molecule has 0 radical (unpaired) electrons. The molecule has 1 aliphatic heterocycles. The van der Waals surface area contributed by atoms with Crippen LogP contribution in [-0.2, 0) is 10.0 Å². The van der Waals surface area contributed by atoms with Gasteiger partial charge < -0.3 is 0 Å². The summed E-state index contributed by atoms with van der Waals surface area (Å²) >= 11 is 0. The molecule has 1 fully saturated rings. The van der Waals surface area contributed by atoms with Crippen molar-refractivity contribution in [3.8, 4) is 0 Å². The van der Waals surface area contributed by atoms with Gasteiger partial charge in [-0.2, -0.15) is 14.5 Å². The average molecular weight is 267 g/mol. The molecule has 1 saturated heterocycles. The number of aromatic amines is 2.